The summed E-state index contributed by atoms with van der Waals surface area (Å²) in [5.74, 6) is 9.25. The highest BCUT2D eigenvalue weighted by molar-refractivity contribution is 6.83. The van der Waals surface area contributed by atoms with Gasteiger partial charge in [0.15, 0.2) is 0 Å². The minimum absolute atomic E-state index is 0.775. The summed E-state index contributed by atoms with van der Waals surface area (Å²) in [6.07, 6.45) is -0.784. The van der Waals surface area contributed by atoms with E-state index < -0.39 is 14.2 Å². The Kier molecular flexibility index (Phi) is 5.23. The van der Waals surface area contributed by atoms with E-state index in [1.807, 2.05) is 54.6 Å². The maximum Gasteiger partial charge on any atom is 0.140 e. The lowest BCUT2D eigenvalue weighted by Crippen LogP contribution is -2.17. The summed E-state index contributed by atoms with van der Waals surface area (Å²) in [7, 11) is -1.50. The zero-order valence-electron chi connectivity index (χ0n) is 13.2. The molecule has 0 amide bonds. The molecule has 22 heavy (non-hydrogen) atoms. The van der Waals surface area contributed by atoms with Crippen LogP contribution in [0.5, 0.6) is 0 Å². The number of hydrogen-bond donors (Lipinski definition) is 1. The predicted octanol–water partition coefficient (Wildman–Crippen LogP) is 4.00. The Morgan fingerprint density at radius 3 is 2.18 bits per heavy atom. The molecule has 0 aliphatic carbocycles. The highest BCUT2D eigenvalue weighted by atomic mass is 28.3. The summed E-state index contributed by atoms with van der Waals surface area (Å²) in [4.78, 5) is 0. The van der Waals surface area contributed by atoms with Gasteiger partial charge in [-0.1, -0.05) is 73.8 Å². The minimum atomic E-state index is -1.50. The van der Waals surface area contributed by atoms with Crippen LogP contribution >= 0.6 is 0 Å². The van der Waals surface area contributed by atoms with Gasteiger partial charge in [-0.25, -0.2) is 0 Å². The molecule has 2 aromatic carbocycles. The second-order valence-corrected chi connectivity index (χ2v) is 10.9. The summed E-state index contributed by atoms with van der Waals surface area (Å²) in [5, 5.41) is 10.3. The van der Waals surface area contributed by atoms with Crippen LogP contribution in [0.4, 0.5) is 0 Å². The summed E-state index contributed by atoms with van der Waals surface area (Å²) >= 11 is 0. The van der Waals surface area contributed by atoms with E-state index >= 15 is 0 Å². The van der Waals surface area contributed by atoms with Crippen molar-refractivity contribution in [1.82, 2.24) is 0 Å². The highest BCUT2D eigenvalue weighted by Gasteiger charge is 2.11. The van der Waals surface area contributed by atoms with E-state index in [0.717, 1.165) is 16.7 Å². The summed E-state index contributed by atoms with van der Waals surface area (Å²) in [6, 6.07) is 17.5. The van der Waals surface area contributed by atoms with E-state index in [1.165, 1.54) is 0 Å². The number of hydrogen-bond acceptors (Lipinski definition) is 1. The van der Waals surface area contributed by atoms with Crippen molar-refractivity contribution in [3.05, 3.63) is 71.3 Å². The van der Waals surface area contributed by atoms with E-state index in [-0.39, 0.29) is 0 Å². The number of aliphatic hydroxyl groups excluding tert-OH is 1. The Hall–Kier alpha value is -2.26. The lowest BCUT2D eigenvalue weighted by molar-refractivity contribution is 0.238. The van der Waals surface area contributed by atoms with Crippen LogP contribution in [0.2, 0.25) is 19.6 Å². The van der Waals surface area contributed by atoms with Gasteiger partial charge in [0.25, 0.3) is 0 Å². The molecule has 1 unspecified atom stereocenters. The van der Waals surface area contributed by atoms with Gasteiger partial charge in [-0.2, -0.15) is 0 Å². The second-order valence-electron chi connectivity index (χ2n) is 6.13. The Morgan fingerprint density at radius 1 is 0.864 bits per heavy atom. The maximum absolute atomic E-state index is 10.3. The Morgan fingerprint density at radius 2 is 1.50 bits per heavy atom. The summed E-state index contributed by atoms with van der Waals surface area (Å²) in [5.41, 5.74) is 5.77. The first-order valence-electron chi connectivity index (χ1n) is 7.32. The van der Waals surface area contributed by atoms with E-state index in [1.54, 1.807) is 0 Å². The predicted molar refractivity (Wildman–Crippen MR) is 94.9 cm³/mol. The highest BCUT2D eigenvalue weighted by Crippen LogP contribution is 2.17. The van der Waals surface area contributed by atoms with Crippen molar-refractivity contribution in [1.29, 1.82) is 0 Å². The molecule has 0 aliphatic rings. The largest absolute Gasteiger partial charge is 0.376 e. The zero-order chi connectivity index (χ0) is 16.0. The van der Waals surface area contributed by atoms with Crippen molar-refractivity contribution in [2.45, 2.75) is 25.7 Å². The third-order valence-electron chi connectivity index (χ3n) is 2.95. The van der Waals surface area contributed by atoms with Gasteiger partial charge in [0.2, 0.25) is 0 Å². The number of rotatable bonds is 1. The third kappa shape index (κ3) is 4.93. The van der Waals surface area contributed by atoms with Crippen LogP contribution < -0.4 is 0 Å². The van der Waals surface area contributed by atoms with Crippen molar-refractivity contribution in [2.24, 2.45) is 0 Å². The van der Waals surface area contributed by atoms with Crippen LogP contribution in [0.25, 0.3) is 0 Å². The van der Waals surface area contributed by atoms with Gasteiger partial charge in [0.1, 0.15) is 14.2 Å². The molecule has 1 atom stereocenters. The third-order valence-corrected chi connectivity index (χ3v) is 3.85. The molecule has 2 rings (SSSR count). The average Bonchev–Trinajstić information content (AvgIpc) is 2.51. The van der Waals surface area contributed by atoms with Crippen LogP contribution in [-0.2, 0) is 0 Å². The van der Waals surface area contributed by atoms with Crippen molar-refractivity contribution < 1.29 is 5.11 Å². The molecule has 2 aromatic rings. The molecule has 0 fully saturated rings. The lowest BCUT2D eigenvalue weighted by Gasteiger charge is -2.09. The van der Waals surface area contributed by atoms with Gasteiger partial charge in [-0.3, -0.25) is 0 Å². The van der Waals surface area contributed by atoms with Crippen LogP contribution in [-0.4, -0.2) is 13.2 Å². The van der Waals surface area contributed by atoms with Crippen LogP contribution in [0.1, 0.15) is 22.8 Å². The fourth-order valence-electron chi connectivity index (χ4n) is 1.87. The van der Waals surface area contributed by atoms with E-state index in [4.69, 9.17) is 0 Å². The molecule has 0 bridgehead atoms. The maximum atomic E-state index is 10.3. The zero-order valence-corrected chi connectivity index (χ0v) is 14.2. The molecule has 0 radical (unpaired) electrons. The van der Waals surface area contributed by atoms with Crippen LogP contribution in [0, 0.1) is 23.3 Å². The van der Waals surface area contributed by atoms with Gasteiger partial charge in [0, 0.05) is 16.7 Å². The van der Waals surface area contributed by atoms with Gasteiger partial charge < -0.3 is 5.11 Å². The quantitative estimate of drug-likeness (QED) is 0.623. The standard InChI is InChI=1S/C20H20OSi/c1-22(2,3)16-15-20(21)19-12-8-7-11-18(19)14-13-17-9-5-4-6-10-17/h4-12,20-21H,1-3H3. The van der Waals surface area contributed by atoms with Crippen molar-refractivity contribution in [2.75, 3.05) is 0 Å². The smallest absolute Gasteiger partial charge is 0.140 e. The second kappa shape index (κ2) is 7.14. The molecule has 0 aromatic heterocycles. The van der Waals surface area contributed by atoms with Gasteiger partial charge in [-0.05, 0) is 18.2 Å². The first-order valence-corrected chi connectivity index (χ1v) is 10.8. The number of aliphatic hydroxyl groups is 1. The fraction of sp³-hybridized carbons (Fsp3) is 0.200. The molecular weight excluding hydrogens is 284 g/mol. The molecule has 1 N–H and O–H groups in total. The molecule has 110 valence electrons. The molecule has 1 nitrogen and oxygen atoms in total. The molecule has 2 heteroatoms. The van der Waals surface area contributed by atoms with Crippen molar-refractivity contribution in [3.63, 3.8) is 0 Å². The lowest BCUT2D eigenvalue weighted by atomic mass is 10.0. The van der Waals surface area contributed by atoms with Crippen LogP contribution in [0.15, 0.2) is 54.6 Å². The Labute approximate surface area is 134 Å². The fourth-order valence-corrected chi connectivity index (χ4v) is 2.44. The van der Waals surface area contributed by atoms with Crippen LogP contribution in [0.3, 0.4) is 0 Å². The topological polar surface area (TPSA) is 20.2 Å². The van der Waals surface area contributed by atoms with E-state index in [0.29, 0.717) is 0 Å². The summed E-state index contributed by atoms with van der Waals surface area (Å²) in [6.45, 7) is 6.48. The SMILES string of the molecule is C[Si](C)(C)C#CC(O)c1ccccc1C#Cc1ccccc1. The van der Waals surface area contributed by atoms with Crippen molar-refractivity contribution >= 4 is 8.07 Å². The molecular formula is C20H20OSi. The van der Waals surface area contributed by atoms with Gasteiger partial charge in [-0.15, -0.1) is 5.54 Å². The minimum Gasteiger partial charge on any atom is -0.376 e. The van der Waals surface area contributed by atoms with E-state index in [9.17, 15) is 5.11 Å². The van der Waals surface area contributed by atoms with Gasteiger partial charge in [0.05, 0.1) is 0 Å². The first kappa shape index (κ1) is 16.1. The molecule has 0 aliphatic heterocycles. The normalized spacial score (nSPS) is 11.6. The number of benzene rings is 2. The Balaban J connectivity index is 2.31. The van der Waals surface area contributed by atoms with Gasteiger partial charge >= 0.3 is 0 Å². The summed E-state index contributed by atoms with van der Waals surface area (Å²) < 4.78 is 0. The molecule has 0 spiro atoms. The molecule has 0 saturated heterocycles. The first-order chi connectivity index (χ1) is 10.5. The van der Waals surface area contributed by atoms with Crippen molar-refractivity contribution in [3.8, 4) is 23.3 Å². The molecule has 0 heterocycles. The molecule has 0 saturated carbocycles. The monoisotopic (exact) mass is 304 g/mol. The Bertz CT molecular complexity index is 749. The average molecular weight is 304 g/mol. The van der Waals surface area contributed by atoms with E-state index in [2.05, 4.69) is 42.9 Å².